The smallest absolute Gasteiger partial charge is 0.328 e. The molecule has 2 heterocycles. The van der Waals surface area contributed by atoms with Gasteiger partial charge in [-0.2, -0.15) is 11.8 Å². The fourth-order valence-corrected chi connectivity index (χ4v) is 3.53. The molecule has 0 aromatic rings. The first kappa shape index (κ1) is 15.0. The first-order chi connectivity index (χ1) is 9.41. The number of hydrogen-bond acceptors (Lipinski definition) is 4. The van der Waals surface area contributed by atoms with Crippen molar-refractivity contribution in [1.82, 2.24) is 15.1 Å². The molecule has 3 amide bonds. The zero-order chi connectivity index (χ0) is 14.9. The highest BCUT2D eigenvalue weighted by molar-refractivity contribution is 8.00. The topological polar surface area (TPSA) is 90.0 Å². The Morgan fingerprint density at radius 3 is 2.70 bits per heavy atom. The van der Waals surface area contributed by atoms with Crippen LogP contribution in [0.2, 0.25) is 0 Å². The van der Waals surface area contributed by atoms with Crippen LogP contribution in [0.3, 0.4) is 0 Å². The predicted molar refractivity (Wildman–Crippen MR) is 74.6 cm³/mol. The maximum absolute atomic E-state index is 12.6. The number of thioether (sulfide) groups is 1. The van der Waals surface area contributed by atoms with Crippen LogP contribution >= 0.6 is 11.8 Å². The molecule has 0 spiro atoms. The second-order valence-electron chi connectivity index (χ2n) is 5.08. The number of carboxylic acid groups (broad SMARTS) is 1. The summed E-state index contributed by atoms with van der Waals surface area (Å²) in [4.78, 5) is 38.1. The number of carbonyl (C=O) groups excluding carboxylic acids is 2. The first-order valence-electron chi connectivity index (χ1n) is 6.60. The predicted octanol–water partition coefficient (Wildman–Crippen LogP) is -0.183. The van der Waals surface area contributed by atoms with Gasteiger partial charge in [-0.15, -0.1) is 0 Å². The number of rotatable bonds is 1. The fraction of sp³-hybridized carbons (Fsp3) is 0.750. The maximum atomic E-state index is 12.6. The molecule has 0 radical (unpaired) electrons. The van der Waals surface area contributed by atoms with Crippen LogP contribution in [-0.2, 0) is 9.59 Å². The van der Waals surface area contributed by atoms with Crippen LogP contribution in [0.25, 0.3) is 0 Å². The number of piperazine rings is 1. The van der Waals surface area contributed by atoms with Gasteiger partial charge < -0.3 is 15.3 Å². The number of nitrogens with one attached hydrogen (secondary N) is 1. The van der Waals surface area contributed by atoms with Crippen LogP contribution in [0.5, 0.6) is 0 Å². The Morgan fingerprint density at radius 1 is 1.35 bits per heavy atom. The van der Waals surface area contributed by atoms with Crippen molar-refractivity contribution >= 4 is 29.7 Å². The Kier molecular flexibility index (Phi) is 4.42. The second kappa shape index (κ2) is 5.90. The highest BCUT2D eigenvalue weighted by Gasteiger charge is 2.40. The standard InChI is InChI=1S/C12H19N3O4S/c1-7-8(2)20-4-3-14(7)12(19)15-6-10(16)13-5-9(15)11(17)18/h7-9H,3-6H2,1-2H3,(H,13,16)(H,17,18). The summed E-state index contributed by atoms with van der Waals surface area (Å²) in [5.41, 5.74) is 0. The number of carboxylic acids is 1. The van der Waals surface area contributed by atoms with Crippen LogP contribution < -0.4 is 5.32 Å². The van der Waals surface area contributed by atoms with E-state index < -0.39 is 12.0 Å². The van der Waals surface area contributed by atoms with E-state index in [0.717, 1.165) is 5.75 Å². The van der Waals surface area contributed by atoms with Gasteiger partial charge in [-0.25, -0.2) is 9.59 Å². The minimum Gasteiger partial charge on any atom is -0.480 e. The molecule has 0 aromatic heterocycles. The van der Waals surface area contributed by atoms with Gasteiger partial charge in [0.15, 0.2) is 0 Å². The summed E-state index contributed by atoms with van der Waals surface area (Å²) in [6, 6.07) is -1.31. The minimum absolute atomic E-state index is 0.0284. The lowest BCUT2D eigenvalue weighted by molar-refractivity contribution is -0.144. The summed E-state index contributed by atoms with van der Waals surface area (Å²) in [5.74, 6) is -0.581. The number of aliphatic carboxylic acids is 1. The van der Waals surface area contributed by atoms with Gasteiger partial charge in [0, 0.05) is 30.1 Å². The first-order valence-corrected chi connectivity index (χ1v) is 7.65. The van der Waals surface area contributed by atoms with E-state index in [-0.39, 0.29) is 31.1 Å². The van der Waals surface area contributed by atoms with Gasteiger partial charge >= 0.3 is 12.0 Å². The second-order valence-corrected chi connectivity index (χ2v) is 6.56. The molecular weight excluding hydrogens is 282 g/mol. The number of carbonyl (C=O) groups is 3. The van der Waals surface area contributed by atoms with E-state index >= 15 is 0 Å². The van der Waals surface area contributed by atoms with E-state index in [2.05, 4.69) is 5.32 Å². The molecule has 2 aliphatic heterocycles. The molecule has 3 unspecified atom stereocenters. The lowest BCUT2D eigenvalue weighted by atomic mass is 10.1. The molecule has 0 aromatic carbocycles. The number of hydrogen-bond donors (Lipinski definition) is 2. The van der Waals surface area contributed by atoms with Crippen molar-refractivity contribution in [3.05, 3.63) is 0 Å². The summed E-state index contributed by atoms with van der Waals surface area (Å²) < 4.78 is 0. The molecule has 2 fully saturated rings. The molecule has 0 aliphatic carbocycles. The van der Waals surface area contributed by atoms with Crippen molar-refractivity contribution in [2.24, 2.45) is 0 Å². The van der Waals surface area contributed by atoms with Crippen LogP contribution in [0.4, 0.5) is 4.79 Å². The van der Waals surface area contributed by atoms with Crippen molar-refractivity contribution in [2.75, 3.05) is 25.4 Å². The lowest BCUT2D eigenvalue weighted by Crippen LogP contribution is -2.64. The highest BCUT2D eigenvalue weighted by Crippen LogP contribution is 2.25. The van der Waals surface area contributed by atoms with E-state index in [1.807, 2.05) is 13.8 Å². The molecule has 0 saturated carbocycles. The van der Waals surface area contributed by atoms with Crippen molar-refractivity contribution in [1.29, 1.82) is 0 Å². The Morgan fingerprint density at radius 2 is 2.05 bits per heavy atom. The van der Waals surface area contributed by atoms with Crippen molar-refractivity contribution in [2.45, 2.75) is 31.2 Å². The van der Waals surface area contributed by atoms with E-state index in [0.29, 0.717) is 11.8 Å². The normalized spacial score (nSPS) is 30.9. The molecular formula is C12H19N3O4S. The summed E-state index contributed by atoms with van der Waals surface area (Å²) in [5, 5.41) is 12.0. The van der Waals surface area contributed by atoms with Gasteiger partial charge in [0.25, 0.3) is 0 Å². The van der Waals surface area contributed by atoms with Crippen LogP contribution in [0.1, 0.15) is 13.8 Å². The van der Waals surface area contributed by atoms with Crippen LogP contribution in [0.15, 0.2) is 0 Å². The van der Waals surface area contributed by atoms with Gasteiger partial charge in [-0.1, -0.05) is 6.92 Å². The van der Waals surface area contributed by atoms with E-state index in [1.54, 1.807) is 16.7 Å². The van der Waals surface area contributed by atoms with Crippen LogP contribution in [0, 0.1) is 0 Å². The summed E-state index contributed by atoms with van der Waals surface area (Å²) >= 11 is 1.79. The lowest BCUT2D eigenvalue weighted by Gasteiger charge is -2.42. The average Bonchev–Trinajstić information content (AvgIpc) is 2.40. The largest absolute Gasteiger partial charge is 0.480 e. The molecule has 3 atom stereocenters. The van der Waals surface area contributed by atoms with E-state index in [9.17, 15) is 19.5 Å². The van der Waals surface area contributed by atoms with E-state index in [4.69, 9.17) is 0 Å². The van der Waals surface area contributed by atoms with Gasteiger partial charge in [0.1, 0.15) is 12.6 Å². The zero-order valence-corrected chi connectivity index (χ0v) is 12.4. The van der Waals surface area contributed by atoms with E-state index in [1.165, 1.54) is 4.90 Å². The molecule has 112 valence electrons. The molecule has 8 heteroatoms. The monoisotopic (exact) mass is 301 g/mol. The van der Waals surface area contributed by atoms with Crippen molar-refractivity contribution in [3.8, 4) is 0 Å². The van der Waals surface area contributed by atoms with Gasteiger partial charge in [-0.05, 0) is 6.92 Å². The Labute approximate surface area is 121 Å². The fourth-order valence-electron chi connectivity index (χ4n) is 2.43. The third kappa shape index (κ3) is 2.84. The van der Waals surface area contributed by atoms with Gasteiger partial charge in [-0.3, -0.25) is 9.69 Å². The number of amides is 3. The molecule has 0 bridgehead atoms. The molecule has 7 nitrogen and oxygen atoms in total. The molecule has 2 N–H and O–H groups in total. The third-order valence-corrected chi connectivity index (χ3v) is 5.18. The van der Waals surface area contributed by atoms with Gasteiger partial charge in [0.05, 0.1) is 0 Å². The molecule has 20 heavy (non-hydrogen) atoms. The van der Waals surface area contributed by atoms with Crippen molar-refractivity contribution < 1.29 is 19.5 Å². The minimum atomic E-state index is -1.09. The molecule has 2 aliphatic rings. The molecule has 2 saturated heterocycles. The SMILES string of the molecule is CC1SCCN(C(=O)N2CC(=O)NCC2C(=O)O)C1C. The quantitative estimate of drug-likeness (QED) is 0.701. The summed E-state index contributed by atoms with van der Waals surface area (Å²) in [7, 11) is 0. The van der Waals surface area contributed by atoms with Crippen LogP contribution in [-0.4, -0.2) is 75.5 Å². The Balaban J connectivity index is 2.16. The number of nitrogens with zero attached hydrogens (tertiary/aromatic N) is 2. The van der Waals surface area contributed by atoms with Gasteiger partial charge in [0.2, 0.25) is 5.91 Å². The summed E-state index contributed by atoms with van der Waals surface area (Å²) in [6.45, 7) is 4.35. The average molecular weight is 301 g/mol. The maximum Gasteiger partial charge on any atom is 0.328 e. The summed E-state index contributed by atoms with van der Waals surface area (Å²) in [6.07, 6.45) is 0. The Bertz CT molecular complexity index is 431. The zero-order valence-electron chi connectivity index (χ0n) is 11.5. The number of urea groups is 1. The third-order valence-electron chi connectivity index (χ3n) is 3.84. The highest BCUT2D eigenvalue weighted by atomic mass is 32.2. The molecule has 2 rings (SSSR count). The Hall–Kier alpha value is -1.44. The van der Waals surface area contributed by atoms with Crippen molar-refractivity contribution in [3.63, 3.8) is 0 Å².